The molecule has 5 heterocycles. The lowest BCUT2D eigenvalue weighted by molar-refractivity contribution is -0.129. The van der Waals surface area contributed by atoms with E-state index < -0.39 is 11.0 Å². The molecule has 264 valence electrons. The molecule has 3 saturated heterocycles. The molecule has 3 aliphatic rings. The molecule has 3 fully saturated rings. The van der Waals surface area contributed by atoms with E-state index in [1.54, 1.807) is 13.2 Å². The highest BCUT2D eigenvalue weighted by Gasteiger charge is 2.29. The normalized spacial score (nSPS) is 19.1. The van der Waals surface area contributed by atoms with Crippen LogP contribution in [-0.2, 0) is 22.2 Å². The summed E-state index contributed by atoms with van der Waals surface area (Å²) >= 11 is 0. The molecular formula is C39H49N7O3S. The number of piperidine rings is 3. The molecule has 2 N–H and O–H groups in total. The first-order chi connectivity index (χ1) is 24.2. The van der Waals surface area contributed by atoms with Gasteiger partial charge in [-0.3, -0.25) is 14.2 Å². The van der Waals surface area contributed by atoms with E-state index in [2.05, 4.69) is 60.0 Å². The quantitative estimate of drug-likeness (QED) is 0.243. The number of hydrogen-bond acceptors (Lipinski definition) is 7. The molecule has 0 spiro atoms. The highest BCUT2D eigenvalue weighted by molar-refractivity contribution is 7.81. The maximum Gasteiger partial charge on any atom is 0.260 e. The molecule has 1 amide bonds. The van der Waals surface area contributed by atoms with Crippen molar-refractivity contribution in [3.63, 3.8) is 0 Å². The number of nitrogens with one attached hydrogen (secondary N) is 2. The smallest absolute Gasteiger partial charge is 0.260 e. The minimum atomic E-state index is -1.05. The van der Waals surface area contributed by atoms with Crippen molar-refractivity contribution in [3.8, 4) is 11.1 Å². The van der Waals surface area contributed by atoms with Crippen molar-refractivity contribution < 1.29 is 9.00 Å². The zero-order valence-corrected chi connectivity index (χ0v) is 30.3. The Labute approximate surface area is 297 Å². The largest absolute Gasteiger partial charge is 0.343 e. The van der Waals surface area contributed by atoms with Crippen LogP contribution in [0.3, 0.4) is 0 Å². The number of anilines is 2. The fourth-order valence-corrected chi connectivity index (χ4v) is 8.84. The number of carbonyl (C=O) groups excluding carboxylic acids is 1. The third-order valence-electron chi connectivity index (χ3n) is 11.0. The molecular weight excluding hydrogens is 647 g/mol. The van der Waals surface area contributed by atoms with Crippen LogP contribution >= 0.6 is 0 Å². The summed E-state index contributed by atoms with van der Waals surface area (Å²) in [4.78, 5) is 38.5. The van der Waals surface area contributed by atoms with Gasteiger partial charge in [-0.2, -0.15) is 4.98 Å². The molecule has 1 atom stereocenters. The van der Waals surface area contributed by atoms with Crippen molar-refractivity contribution in [1.29, 1.82) is 0 Å². The van der Waals surface area contributed by atoms with Crippen molar-refractivity contribution in [1.82, 2.24) is 29.1 Å². The first kappa shape index (κ1) is 34.5. The molecule has 11 heteroatoms. The van der Waals surface area contributed by atoms with Crippen LogP contribution in [0.2, 0.25) is 0 Å². The average Bonchev–Trinajstić information content (AvgIpc) is 3.13. The number of pyridine rings is 1. The lowest BCUT2D eigenvalue weighted by atomic mass is 9.83. The molecule has 0 aliphatic carbocycles. The van der Waals surface area contributed by atoms with Crippen molar-refractivity contribution in [2.75, 3.05) is 50.8 Å². The highest BCUT2D eigenvalue weighted by Crippen LogP contribution is 2.37. The third-order valence-corrected chi connectivity index (χ3v) is 12.1. The molecule has 10 nitrogen and oxygen atoms in total. The van der Waals surface area contributed by atoms with Crippen LogP contribution in [0, 0.1) is 12.8 Å². The van der Waals surface area contributed by atoms with E-state index >= 15 is 0 Å². The number of likely N-dealkylation sites (tertiary alicyclic amines) is 1. The summed E-state index contributed by atoms with van der Waals surface area (Å²) in [6, 6.07) is 16.8. The minimum Gasteiger partial charge on any atom is -0.343 e. The maximum absolute atomic E-state index is 14.8. The summed E-state index contributed by atoms with van der Waals surface area (Å²) in [6.45, 7) is 8.66. The van der Waals surface area contributed by atoms with E-state index in [4.69, 9.17) is 9.97 Å². The van der Waals surface area contributed by atoms with Crippen molar-refractivity contribution in [3.05, 3.63) is 81.8 Å². The SMILES string of the molecule is CC(=O)N1CCC(c2cc(C)ccc2-c2cc3cnc(Nc4ccc(CC5CCNCC5)cc4)nc3n(C3CCN(S(C)=O)CC3)c2=O)CC1. The Bertz CT molecular complexity index is 1920. The van der Waals surface area contributed by atoms with Gasteiger partial charge in [0.2, 0.25) is 11.9 Å². The van der Waals surface area contributed by atoms with E-state index in [0.29, 0.717) is 43.1 Å². The number of rotatable bonds is 8. The number of carbonyl (C=O) groups is 1. The Hall–Kier alpha value is -3.93. The number of amides is 1. The first-order valence-corrected chi connectivity index (χ1v) is 19.7. The van der Waals surface area contributed by atoms with Crippen LogP contribution in [0.5, 0.6) is 0 Å². The van der Waals surface area contributed by atoms with Gasteiger partial charge in [0.05, 0.1) is 11.0 Å². The van der Waals surface area contributed by atoms with E-state index in [9.17, 15) is 13.8 Å². The fraction of sp³-hybridized carbons (Fsp3) is 0.487. The van der Waals surface area contributed by atoms with Gasteiger partial charge in [-0.25, -0.2) is 13.5 Å². The topological polar surface area (TPSA) is 112 Å². The van der Waals surface area contributed by atoms with Crippen molar-refractivity contribution in [2.45, 2.75) is 70.8 Å². The van der Waals surface area contributed by atoms with Gasteiger partial charge in [0.15, 0.2) is 0 Å². The second-order valence-corrected chi connectivity index (χ2v) is 15.7. The number of fused-ring (bicyclic) bond motifs is 1. The second-order valence-electron chi connectivity index (χ2n) is 14.4. The zero-order chi connectivity index (χ0) is 34.8. The van der Waals surface area contributed by atoms with Crippen LogP contribution in [0.4, 0.5) is 11.6 Å². The zero-order valence-electron chi connectivity index (χ0n) is 29.5. The van der Waals surface area contributed by atoms with Gasteiger partial charge in [-0.15, -0.1) is 0 Å². The van der Waals surface area contributed by atoms with Gasteiger partial charge in [0, 0.05) is 68.2 Å². The first-order valence-electron chi connectivity index (χ1n) is 18.2. The number of hydrogen-bond donors (Lipinski definition) is 2. The van der Waals surface area contributed by atoms with Crippen LogP contribution in [0.15, 0.2) is 59.5 Å². The fourth-order valence-electron chi connectivity index (χ4n) is 8.11. The summed E-state index contributed by atoms with van der Waals surface area (Å²) in [6.07, 6.45) is 10.2. The average molecular weight is 696 g/mol. The van der Waals surface area contributed by atoms with Crippen LogP contribution in [0.1, 0.15) is 74.1 Å². The summed E-state index contributed by atoms with van der Waals surface area (Å²) in [5.41, 5.74) is 6.69. The summed E-state index contributed by atoms with van der Waals surface area (Å²) in [5, 5.41) is 7.65. The van der Waals surface area contributed by atoms with E-state index in [-0.39, 0.29) is 23.4 Å². The van der Waals surface area contributed by atoms with E-state index in [1.165, 1.54) is 18.4 Å². The van der Waals surface area contributed by atoms with E-state index in [0.717, 1.165) is 79.1 Å². The third kappa shape index (κ3) is 7.55. The molecule has 0 saturated carbocycles. The van der Waals surface area contributed by atoms with Crippen LogP contribution in [-0.4, -0.2) is 79.4 Å². The predicted octanol–water partition coefficient (Wildman–Crippen LogP) is 5.71. The molecule has 0 radical (unpaired) electrons. The molecule has 0 bridgehead atoms. The Balaban J connectivity index is 1.24. The van der Waals surface area contributed by atoms with E-state index in [1.807, 2.05) is 26.0 Å². The lowest BCUT2D eigenvalue weighted by Gasteiger charge is -2.33. The van der Waals surface area contributed by atoms with Crippen LogP contribution in [0.25, 0.3) is 22.2 Å². The number of benzene rings is 2. The molecule has 50 heavy (non-hydrogen) atoms. The summed E-state index contributed by atoms with van der Waals surface area (Å²) in [7, 11) is -1.05. The van der Waals surface area contributed by atoms with Gasteiger partial charge in [0.25, 0.3) is 5.56 Å². The van der Waals surface area contributed by atoms with Crippen molar-refractivity contribution in [2.24, 2.45) is 5.92 Å². The predicted molar refractivity (Wildman–Crippen MR) is 201 cm³/mol. The highest BCUT2D eigenvalue weighted by atomic mass is 32.2. The molecule has 1 unspecified atom stereocenters. The molecule has 2 aromatic heterocycles. The van der Waals surface area contributed by atoms with Crippen LogP contribution < -0.4 is 16.2 Å². The number of aryl methyl sites for hydroxylation is 1. The number of nitrogens with zero attached hydrogens (tertiary/aromatic N) is 5. The van der Waals surface area contributed by atoms with Gasteiger partial charge >= 0.3 is 0 Å². The monoisotopic (exact) mass is 695 g/mol. The molecule has 4 aromatic rings. The lowest BCUT2D eigenvalue weighted by Crippen LogP contribution is -2.38. The molecule has 2 aromatic carbocycles. The standard InChI is InChI=1S/C39H49N7O3S/c1-26-4-9-34(35(22-26)30-12-18-44(19-13-30)27(2)47)36-24-31-25-41-39(42-32-7-5-28(6-8-32)23-29-10-16-40-17-11-29)43-37(31)46(38(36)48)33-14-20-45(21-15-33)50(3)49/h4-9,22,24-25,29-30,33,40H,10-21,23H2,1-3H3,(H,41,42,43). The Morgan fingerprint density at radius 2 is 1.66 bits per heavy atom. The molecule has 3 aliphatic heterocycles. The Kier molecular flexibility index (Phi) is 10.4. The van der Waals surface area contributed by atoms with Crippen molar-refractivity contribution >= 4 is 39.6 Å². The summed E-state index contributed by atoms with van der Waals surface area (Å²) < 4.78 is 16.1. The Morgan fingerprint density at radius 1 is 0.940 bits per heavy atom. The maximum atomic E-state index is 14.8. The summed E-state index contributed by atoms with van der Waals surface area (Å²) in [5.74, 6) is 1.53. The molecule has 7 rings (SSSR count). The van der Waals surface area contributed by atoms with Gasteiger partial charge in [-0.1, -0.05) is 35.9 Å². The Morgan fingerprint density at radius 3 is 2.34 bits per heavy atom. The minimum absolute atomic E-state index is 0.0632. The second kappa shape index (κ2) is 15.1. The van der Waals surface area contributed by atoms with Gasteiger partial charge in [0.1, 0.15) is 5.65 Å². The van der Waals surface area contributed by atoms with Gasteiger partial charge in [-0.05, 0) is 112 Å². The number of aromatic nitrogens is 3. The van der Waals surface area contributed by atoms with Gasteiger partial charge < -0.3 is 15.5 Å².